The van der Waals surface area contributed by atoms with Gasteiger partial charge in [0.25, 0.3) is 0 Å². The van der Waals surface area contributed by atoms with Gasteiger partial charge in [0.05, 0.1) is 5.75 Å². The van der Waals surface area contributed by atoms with Gasteiger partial charge in [-0.3, -0.25) is 9.59 Å². The smallest absolute Gasteiger partial charge is 0.232 e. The highest BCUT2D eigenvalue weighted by atomic mass is 32.2. The number of hydrogen-bond acceptors (Lipinski definition) is 3. The van der Waals surface area contributed by atoms with Crippen LogP contribution in [0.4, 0.5) is 0 Å². The van der Waals surface area contributed by atoms with Crippen molar-refractivity contribution in [2.45, 2.75) is 44.4 Å². The van der Waals surface area contributed by atoms with Crippen molar-refractivity contribution < 1.29 is 9.59 Å². The van der Waals surface area contributed by atoms with Crippen LogP contribution in [0.2, 0.25) is 0 Å². The van der Waals surface area contributed by atoms with Gasteiger partial charge in [-0.1, -0.05) is 26.0 Å². The monoisotopic (exact) mass is 319 g/mol. The van der Waals surface area contributed by atoms with E-state index in [2.05, 4.69) is 13.8 Å². The van der Waals surface area contributed by atoms with Gasteiger partial charge in [-0.2, -0.15) is 0 Å². The number of nitrogens with zero attached hydrogens (tertiary/aromatic N) is 1. The van der Waals surface area contributed by atoms with Gasteiger partial charge in [0.2, 0.25) is 5.91 Å². The molecule has 4 heteroatoms. The molecule has 120 valence electrons. The molecule has 1 aliphatic rings. The summed E-state index contributed by atoms with van der Waals surface area (Å²) in [5.74, 6) is 1.06. The predicted octanol–water partition coefficient (Wildman–Crippen LogP) is 4.02. The molecule has 1 aromatic carbocycles. The number of thioether (sulfide) groups is 1. The maximum absolute atomic E-state index is 12.3. The average molecular weight is 319 g/mol. The molecule has 22 heavy (non-hydrogen) atoms. The number of Topliss-reactive ketones (excluding diaryl/α,β-unsaturated/α-hetero) is 1. The fraction of sp³-hybridized carbons (Fsp3) is 0.556. The van der Waals surface area contributed by atoms with Crippen LogP contribution < -0.4 is 0 Å². The normalized spacial score (nSPS) is 14.6. The third-order valence-electron chi connectivity index (χ3n) is 4.32. The van der Waals surface area contributed by atoms with Crippen molar-refractivity contribution in [2.75, 3.05) is 18.8 Å². The molecule has 0 atom stereocenters. The van der Waals surface area contributed by atoms with Gasteiger partial charge >= 0.3 is 0 Å². The molecule has 3 nitrogen and oxygen atoms in total. The first-order valence-corrected chi connectivity index (χ1v) is 9.19. The minimum atomic E-state index is 0.121. The van der Waals surface area contributed by atoms with Crippen LogP contribution in [-0.2, 0) is 4.79 Å². The molecule has 1 saturated heterocycles. The summed E-state index contributed by atoms with van der Waals surface area (Å²) in [5, 5.41) is 0. The molecule has 0 bridgehead atoms. The summed E-state index contributed by atoms with van der Waals surface area (Å²) in [6, 6.07) is 7.70. The maximum atomic E-state index is 12.3. The van der Waals surface area contributed by atoms with Gasteiger partial charge in [0.1, 0.15) is 0 Å². The minimum absolute atomic E-state index is 0.121. The van der Waals surface area contributed by atoms with Gasteiger partial charge < -0.3 is 4.90 Å². The van der Waals surface area contributed by atoms with Gasteiger partial charge in [-0.25, -0.2) is 0 Å². The number of likely N-dealkylation sites (tertiary alicyclic amines) is 1. The first kappa shape index (κ1) is 17.1. The van der Waals surface area contributed by atoms with Crippen molar-refractivity contribution in [1.29, 1.82) is 0 Å². The van der Waals surface area contributed by atoms with Gasteiger partial charge in [0.15, 0.2) is 5.78 Å². The van der Waals surface area contributed by atoms with Crippen molar-refractivity contribution in [2.24, 2.45) is 5.92 Å². The molecule has 0 radical (unpaired) electrons. The van der Waals surface area contributed by atoms with E-state index in [1.165, 1.54) is 0 Å². The molecule has 0 unspecified atom stereocenters. The van der Waals surface area contributed by atoms with E-state index in [1.807, 2.05) is 29.2 Å². The first-order chi connectivity index (χ1) is 10.7. The topological polar surface area (TPSA) is 37.4 Å². The summed E-state index contributed by atoms with van der Waals surface area (Å²) in [4.78, 5) is 27.3. The number of benzene rings is 1. The lowest BCUT2D eigenvalue weighted by atomic mass is 9.93. The van der Waals surface area contributed by atoms with Crippen molar-refractivity contribution >= 4 is 23.5 Å². The maximum Gasteiger partial charge on any atom is 0.232 e. The van der Waals surface area contributed by atoms with Crippen molar-refractivity contribution in [3.63, 3.8) is 0 Å². The largest absolute Gasteiger partial charge is 0.342 e. The summed E-state index contributed by atoms with van der Waals surface area (Å²) >= 11 is 1.55. The Morgan fingerprint density at radius 2 is 1.68 bits per heavy atom. The van der Waals surface area contributed by atoms with E-state index in [4.69, 9.17) is 0 Å². The van der Waals surface area contributed by atoms with Crippen molar-refractivity contribution in [1.82, 2.24) is 4.90 Å². The van der Waals surface area contributed by atoms with Crippen LogP contribution in [0.15, 0.2) is 29.2 Å². The third kappa shape index (κ3) is 4.35. The second kappa shape index (κ2) is 8.37. The molecule has 0 N–H and O–H groups in total. The fourth-order valence-corrected chi connectivity index (χ4v) is 3.61. The SMILES string of the molecule is CCC(CC)C(=O)c1ccc(SCC(=O)N2CCCC2)cc1. The summed E-state index contributed by atoms with van der Waals surface area (Å²) in [6.45, 7) is 5.92. The van der Waals surface area contributed by atoms with Crippen LogP contribution in [0, 0.1) is 5.92 Å². The molecule has 1 fully saturated rings. The van der Waals surface area contributed by atoms with Crippen LogP contribution >= 0.6 is 11.8 Å². The van der Waals surface area contributed by atoms with E-state index >= 15 is 0 Å². The Morgan fingerprint density at radius 1 is 1.09 bits per heavy atom. The van der Waals surface area contributed by atoms with Gasteiger partial charge in [-0.15, -0.1) is 11.8 Å². The standard InChI is InChI=1S/C18H25NO2S/c1-3-14(4-2)18(21)15-7-9-16(10-8-15)22-13-17(20)19-11-5-6-12-19/h7-10,14H,3-6,11-13H2,1-2H3. The van der Waals surface area contributed by atoms with E-state index < -0.39 is 0 Å². The zero-order chi connectivity index (χ0) is 15.9. The predicted molar refractivity (Wildman–Crippen MR) is 91.4 cm³/mol. The number of carbonyl (C=O) groups is 2. The summed E-state index contributed by atoms with van der Waals surface area (Å²) in [5.41, 5.74) is 0.781. The Balaban J connectivity index is 1.88. The fourth-order valence-electron chi connectivity index (χ4n) is 2.81. The van der Waals surface area contributed by atoms with Crippen LogP contribution in [0.25, 0.3) is 0 Å². The molecule has 0 aliphatic carbocycles. The lowest BCUT2D eigenvalue weighted by Gasteiger charge is -2.15. The number of ketones is 1. The molecule has 0 spiro atoms. The Labute approximate surface area is 137 Å². The Morgan fingerprint density at radius 3 is 2.23 bits per heavy atom. The number of carbonyl (C=O) groups excluding carboxylic acids is 2. The average Bonchev–Trinajstić information content (AvgIpc) is 3.08. The molecule has 0 aromatic heterocycles. The number of amides is 1. The van der Waals surface area contributed by atoms with E-state index in [9.17, 15) is 9.59 Å². The summed E-state index contributed by atoms with van der Waals surface area (Å²) in [6.07, 6.45) is 4.03. The molecule has 2 rings (SSSR count). The van der Waals surface area contributed by atoms with Crippen molar-refractivity contribution in [3.8, 4) is 0 Å². The zero-order valence-corrected chi connectivity index (χ0v) is 14.3. The Kier molecular flexibility index (Phi) is 6.49. The van der Waals surface area contributed by atoms with E-state index in [0.717, 1.165) is 49.2 Å². The van der Waals surface area contributed by atoms with Crippen LogP contribution in [0.3, 0.4) is 0 Å². The minimum Gasteiger partial charge on any atom is -0.342 e. The lowest BCUT2D eigenvalue weighted by molar-refractivity contribution is -0.127. The summed E-state index contributed by atoms with van der Waals surface area (Å²) < 4.78 is 0. The van der Waals surface area contributed by atoms with E-state index in [0.29, 0.717) is 5.75 Å². The Hall–Kier alpha value is -1.29. The number of hydrogen-bond donors (Lipinski definition) is 0. The second-order valence-corrected chi connectivity index (χ2v) is 6.83. The molecule has 1 aromatic rings. The van der Waals surface area contributed by atoms with E-state index in [-0.39, 0.29) is 17.6 Å². The quantitative estimate of drug-likeness (QED) is 0.563. The van der Waals surface area contributed by atoms with Crippen LogP contribution in [-0.4, -0.2) is 35.4 Å². The highest BCUT2D eigenvalue weighted by Crippen LogP contribution is 2.22. The van der Waals surface area contributed by atoms with Crippen molar-refractivity contribution in [3.05, 3.63) is 29.8 Å². The van der Waals surface area contributed by atoms with Crippen LogP contribution in [0.1, 0.15) is 49.9 Å². The number of rotatable bonds is 7. The van der Waals surface area contributed by atoms with Gasteiger partial charge in [-0.05, 0) is 37.8 Å². The molecule has 1 amide bonds. The van der Waals surface area contributed by atoms with E-state index in [1.54, 1.807) is 11.8 Å². The highest BCUT2D eigenvalue weighted by Gasteiger charge is 2.18. The second-order valence-electron chi connectivity index (χ2n) is 5.78. The molecule has 1 aliphatic heterocycles. The summed E-state index contributed by atoms with van der Waals surface area (Å²) in [7, 11) is 0. The molecular formula is C18H25NO2S. The molecule has 0 saturated carbocycles. The molecular weight excluding hydrogens is 294 g/mol. The highest BCUT2D eigenvalue weighted by molar-refractivity contribution is 8.00. The molecule has 1 heterocycles. The van der Waals surface area contributed by atoms with Gasteiger partial charge in [0, 0.05) is 29.5 Å². The first-order valence-electron chi connectivity index (χ1n) is 8.20. The van der Waals surface area contributed by atoms with Crippen LogP contribution in [0.5, 0.6) is 0 Å². The Bertz CT molecular complexity index is 502. The lowest BCUT2D eigenvalue weighted by Crippen LogP contribution is -2.29. The third-order valence-corrected chi connectivity index (χ3v) is 5.31. The zero-order valence-electron chi connectivity index (χ0n) is 13.5.